The molecular formula is C6H10N2. The minimum atomic E-state index is 0.297. The maximum absolute atomic E-state index is 3.95. The standard InChI is InChI=1S/C6H10N2/c1-5-3-4-6(2)8-7-5/h3-6H,1-2H3/t5-,6+. The van der Waals surface area contributed by atoms with Gasteiger partial charge in [0.15, 0.2) is 0 Å². The molecule has 1 aliphatic rings. The van der Waals surface area contributed by atoms with Gasteiger partial charge in [-0.2, -0.15) is 10.2 Å². The first-order valence-corrected chi connectivity index (χ1v) is 2.87. The molecule has 0 aromatic heterocycles. The van der Waals surface area contributed by atoms with Crippen molar-refractivity contribution in [3.63, 3.8) is 0 Å². The van der Waals surface area contributed by atoms with Crippen molar-refractivity contribution in [1.29, 1.82) is 0 Å². The lowest BCUT2D eigenvalue weighted by Crippen LogP contribution is -2.02. The molecule has 0 bridgehead atoms. The van der Waals surface area contributed by atoms with Crippen LogP contribution in [0.4, 0.5) is 0 Å². The Bertz CT molecular complexity index is 98.5. The van der Waals surface area contributed by atoms with Crippen LogP contribution in [0.15, 0.2) is 22.4 Å². The number of hydrogen-bond acceptors (Lipinski definition) is 2. The lowest BCUT2D eigenvalue weighted by molar-refractivity contribution is 0.710. The number of nitrogens with zero attached hydrogens (tertiary/aromatic N) is 2. The monoisotopic (exact) mass is 110 g/mol. The van der Waals surface area contributed by atoms with Gasteiger partial charge in [0.2, 0.25) is 0 Å². The van der Waals surface area contributed by atoms with E-state index in [4.69, 9.17) is 0 Å². The molecule has 0 saturated heterocycles. The van der Waals surface area contributed by atoms with Crippen LogP contribution >= 0.6 is 0 Å². The van der Waals surface area contributed by atoms with Crippen molar-refractivity contribution in [2.45, 2.75) is 25.9 Å². The normalized spacial score (nSPS) is 35.8. The second-order valence-electron chi connectivity index (χ2n) is 2.10. The highest BCUT2D eigenvalue weighted by Gasteiger charge is 2.00. The average molecular weight is 110 g/mol. The Balaban J connectivity index is 2.54. The van der Waals surface area contributed by atoms with Crippen LogP contribution in [0.1, 0.15) is 13.8 Å². The zero-order chi connectivity index (χ0) is 5.98. The van der Waals surface area contributed by atoms with Crippen LogP contribution in [0.25, 0.3) is 0 Å². The van der Waals surface area contributed by atoms with Gasteiger partial charge >= 0.3 is 0 Å². The Morgan fingerprint density at radius 2 is 1.38 bits per heavy atom. The van der Waals surface area contributed by atoms with Crippen LogP contribution in [0.5, 0.6) is 0 Å². The smallest absolute Gasteiger partial charge is 0.0861 e. The van der Waals surface area contributed by atoms with Crippen molar-refractivity contribution >= 4 is 0 Å². The van der Waals surface area contributed by atoms with E-state index in [0.29, 0.717) is 12.1 Å². The van der Waals surface area contributed by atoms with Crippen LogP contribution < -0.4 is 0 Å². The third kappa shape index (κ3) is 1.15. The second kappa shape index (κ2) is 2.07. The first-order chi connectivity index (χ1) is 3.79. The third-order valence-corrected chi connectivity index (χ3v) is 1.10. The maximum atomic E-state index is 3.95. The SMILES string of the molecule is C[C@@H]1C=C[C@H](C)N=N1. The van der Waals surface area contributed by atoms with Gasteiger partial charge in [0, 0.05) is 0 Å². The Labute approximate surface area is 49.3 Å². The van der Waals surface area contributed by atoms with Gasteiger partial charge in [-0.3, -0.25) is 0 Å². The van der Waals surface area contributed by atoms with Gasteiger partial charge in [0.1, 0.15) is 0 Å². The highest BCUT2D eigenvalue weighted by Crippen LogP contribution is 2.05. The van der Waals surface area contributed by atoms with Crippen LogP contribution in [0.3, 0.4) is 0 Å². The summed E-state index contributed by atoms with van der Waals surface area (Å²) in [6.07, 6.45) is 4.13. The van der Waals surface area contributed by atoms with Gasteiger partial charge < -0.3 is 0 Å². The highest BCUT2D eigenvalue weighted by molar-refractivity contribution is 4.99. The molecule has 2 heteroatoms. The Kier molecular flexibility index (Phi) is 1.42. The molecular weight excluding hydrogens is 100 g/mol. The van der Waals surface area contributed by atoms with Crippen LogP contribution in [-0.2, 0) is 0 Å². The quantitative estimate of drug-likeness (QED) is 0.425. The fraction of sp³-hybridized carbons (Fsp3) is 0.667. The molecule has 0 radical (unpaired) electrons. The fourth-order valence-corrected chi connectivity index (χ4v) is 0.609. The molecule has 1 aliphatic heterocycles. The molecule has 0 aromatic carbocycles. The van der Waals surface area contributed by atoms with Crippen molar-refractivity contribution in [3.8, 4) is 0 Å². The molecule has 0 saturated carbocycles. The number of rotatable bonds is 0. The van der Waals surface area contributed by atoms with E-state index in [1.807, 2.05) is 13.8 Å². The van der Waals surface area contributed by atoms with Crippen molar-refractivity contribution < 1.29 is 0 Å². The van der Waals surface area contributed by atoms with E-state index >= 15 is 0 Å². The van der Waals surface area contributed by atoms with E-state index in [9.17, 15) is 0 Å². The minimum Gasteiger partial charge on any atom is -0.186 e. The molecule has 0 fully saturated rings. The molecule has 0 spiro atoms. The molecule has 0 aromatic rings. The maximum Gasteiger partial charge on any atom is 0.0861 e. The van der Waals surface area contributed by atoms with Crippen molar-refractivity contribution in [2.75, 3.05) is 0 Å². The molecule has 8 heavy (non-hydrogen) atoms. The van der Waals surface area contributed by atoms with Gasteiger partial charge in [-0.05, 0) is 13.8 Å². The van der Waals surface area contributed by atoms with Gasteiger partial charge in [0.25, 0.3) is 0 Å². The minimum absolute atomic E-state index is 0.297. The molecule has 0 aliphatic carbocycles. The number of hydrogen-bond donors (Lipinski definition) is 0. The largest absolute Gasteiger partial charge is 0.186 e. The first-order valence-electron chi connectivity index (χ1n) is 2.87. The molecule has 2 nitrogen and oxygen atoms in total. The van der Waals surface area contributed by atoms with Gasteiger partial charge in [-0.15, -0.1) is 0 Å². The first kappa shape index (κ1) is 5.48. The summed E-state index contributed by atoms with van der Waals surface area (Å²) in [5, 5.41) is 7.90. The molecule has 1 heterocycles. The zero-order valence-electron chi connectivity index (χ0n) is 5.20. The Morgan fingerprint density at radius 1 is 1.00 bits per heavy atom. The van der Waals surface area contributed by atoms with E-state index in [1.165, 1.54) is 0 Å². The fourth-order valence-electron chi connectivity index (χ4n) is 0.609. The molecule has 0 amide bonds. The summed E-state index contributed by atoms with van der Waals surface area (Å²) in [5.41, 5.74) is 0. The molecule has 0 unspecified atom stereocenters. The summed E-state index contributed by atoms with van der Waals surface area (Å²) >= 11 is 0. The van der Waals surface area contributed by atoms with Crippen LogP contribution in [0.2, 0.25) is 0 Å². The summed E-state index contributed by atoms with van der Waals surface area (Å²) in [5.74, 6) is 0. The molecule has 1 rings (SSSR count). The summed E-state index contributed by atoms with van der Waals surface area (Å²) < 4.78 is 0. The van der Waals surface area contributed by atoms with E-state index in [0.717, 1.165) is 0 Å². The van der Waals surface area contributed by atoms with Crippen molar-refractivity contribution in [3.05, 3.63) is 12.2 Å². The molecule has 0 N–H and O–H groups in total. The summed E-state index contributed by atoms with van der Waals surface area (Å²) in [6, 6.07) is 0.595. The predicted molar refractivity (Wildman–Crippen MR) is 32.9 cm³/mol. The van der Waals surface area contributed by atoms with Crippen molar-refractivity contribution in [1.82, 2.24) is 0 Å². The molecule has 2 atom stereocenters. The van der Waals surface area contributed by atoms with Gasteiger partial charge in [-0.25, -0.2) is 0 Å². The van der Waals surface area contributed by atoms with E-state index in [2.05, 4.69) is 22.4 Å². The highest BCUT2D eigenvalue weighted by atomic mass is 15.1. The van der Waals surface area contributed by atoms with Gasteiger partial charge in [-0.1, -0.05) is 12.2 Å². The number of azo groups is 1. The lowest BCUT2D eigenvalue weighted by atomic mass is 10.2. The lowest BCUT2D eigenvalue weighted by Gasteiger charge is -2.05. The van der Waals surface area contributed by atoms with E-state index < -0.39 is 0 Å². The summed E-state index contributed by atoms with van der Waals surface area (Å²) in [6.45, 7) is 4.04. The van der Waals surface area contributed by atoms with Crippen LogP contribution in [0, 0.1) is 0 Å². The zero-order valence-corrected chi connectivity index (χ0v) is 5.20. The van der Waals surface area contributed by atoms with Crippen LogP contribution in [-0.4, -0.2) is 12.1 Å². The van der Waals surface area contributed by atoms with Crippen molar-refractivity contribution in [2.24, 2.45) is 10.2 Å². The second-order valence-corrected chi connectivity index (χ2v) is 2.10. The Hall–Kier alpha value is -0.660. The predicted octanol–water partition coefficient (Wildman–Crippen LogP) is 1.79. The third-order valence-electron chi connectivity index (χ3n) is 1.10. The topological polar surface area (TPSA) is 24.7 Å². The summed E-state index contributed by atoms with van der Waals surface area (Å²) in [4.78, 5) is 0. The Morgan fingerprint density at radius 3 is 1.62 bits per heavy atom. The molecule has 44 valence electrons. The summed E-state index contributed by atoms with van der Waals surface area (Å²) in [7, 11) is 0. The van der Waals surface area contributed by atoms with E-state index in [1.54, 1.807) is 0 Å². The van der Waals surface area contributed by atoms with Gasteiger partial charge in [0.05, 0.1) is 12.1 Å². The average Bonchev–Trinajstić information content (AvgIpc) is 1.77. The van der Waals surface area contributed by atoms with E-state index in [-0.39, 0.29) is 0 Å².